The Labute approximate surface area is 97.4 Å². The molecule has 2 N–H and O–H groups in total. The van der Waals surface area contributed by atoms with Crippen molar-refractivity contribution in [3.05, 3.63) is 0 Å². The molecule has 0 aromatic carbocycles. The number of carbonyl (C=O) groups excluding carboxylic acids is 1. The van der Waals surface area contributed by atoms with Crippen molar-refractivity contribution in [3.63, 3.8) is 0 Å². The number of ether oxygens (including phenoxy) is 1. The van der Waals surface area contributed by atoms with Crippen LogP contribution in [0.25, 0.3) is 0 Å². The van der Waals surface area contributed by atoms with Gasteiger partial charge < -0.3 is 15.2 Å². The number of aliphatic hydroxyl groups is 1. The number of carbonyl (C=O) groups is 1. The second kappa shape index (κ2) is 6.21. The third kappa shape index (κ3) is 4.94. The largest absolute Gasteiger partial charge is 0.394 e. The molecule has 1 aliphatic heterocycles. The summed E-state index contributed by atoms with van der Waals surface area (Å²) in [7, 11) is 0. The summed E-state index contributed by atoms with van der Waals surface area (Å²) < 4.78 is 5.56. The van der Waals surface area contributed by atoms with Crippen LogP contribution in [-0.2, 0) is 9.53 Å². The van der Waals surface area contributed by atoms with E-state index in [-0.39, 0.29) is 18.6 Å². The third-order valence-electron chi connectivity index (χ3n) is 2.84. The fraction of sp³-hybridized carbons (Fsp3) is 0.917. The van der Waals surface area contributed by atoms with Crippen LogP contribution < -0.4 is 5.32 Å². The second-order valence-corrected chi connectivity index (χ2v) is 5.12. The highest BCUT2D eigenvalue weighted by Crippen LogP contribution is 2.17. The maximum atomic E-state index is 11.6. The van der Waals surface area contributed by atoms with Gasteiger partial charge in [0.05, 0.1) is 18.2 Å². The first-order chi connectivity index (χ1) is 7.53. The number of nitrogens with one attached hydrogen (secondary N) is 1. The van der Waals surface area contributed by atoms with Crippen molar-refractivity contribution in [1.29, 1.82) is 0 Å². The Balaban J connectivity index is 2.19. The summed E-state index contributed by atoms with van der Waals surface area (Å²) in [5.74, 6) is -0.00627. The first-order valence-electron chi connectivity index (χ1n) is 6.07. The SMILES string of the molecule is CC(C)(CO)NC(=O)CCC1CCCCO1. The summed E-state index contributed by atoms with van der Waals surface area (Å²) >= 11 is 0. The van der Waals surface area contributed by atoms with Crippen molar-refractivity contribution in [1.82, 2.24) is 5.32 Å². The molecule has 1 rings (SSSR count). The maximum absolute atomic E-state index is 11.6. The molecule has 1 heterocycles. The van der Waals surface area contributed by atoms with Crippen LogP contribution in [0, 0.1) is 0 Å². The van der Waals surface area contributed by atoms with Crippen LogP contribution in [0.4, 0.5) is 0 Å². The predicted octanol–water partition coefficient (Wildman–Crippen LogP) is 1.22. The Kier molecular flexibility index (Phi) is 5.22. The van der Waals surface area contributed by atoms with E-state index in [1.54, 1.807) is 0 Å². The summed E-state index contributed by atoms with van der Waals surface area (Å²) in [6.07, 6.45) is 4.92. The van der Waals surface area contributed by atoms with Crippen LogP contribution >= 0.6 is 0 Å². The number of hydrogen-bond donors (Lipinski definition) is 2. The van der Waals surface area contributed by atoms with Crippen molar-refractivity contribution in [2.75, 3.05) is 13.2 Å². The van der Waals surface area contributed by atoms with E-state index >= 15 is 0 Å². The van der Waals surface area contributed by atoms with E-state index in [0.29, 0.717) is 6.42 Å². The molecule has 4 heteroatoms. The molecule has 0 bridgehead atoms. The molecule has 16 heavy (non-hydrogen) atoms. The summed E-state index contributed by atoms with van der Waals surface area (Å²) in [4.78, 5) is 11.6. The van der Waals surface area contributed by atoms with E-state index in [1.807, 2.05) is 13.8 Å². The van der Waals surface area contributed by atoms with Crippen LogP contribution in [0.2, 0.25) is 0 Å². The lowest BCUT2D eigenvalue weighted by Gasteiger charge is -2.25. The zero-order chi connectivity index (χ0) is 12.0. The molecule has 1 amide bonds. The lowest BCUT2D eigenvalue weighted by molar-refractivity contribution is -0.124. The van der Waals surface area contributed by atoms with Crippen molar-refractivity contribution in [2.45, 2.75) is 57.6 Å². The van der Waals surface area contributed by atoms with E-state index in [9.17, 15) is 4.79 Å². The van der Waals surface area contributed by atoms with Gasteiger partial charge >= 0.3 is 0 Å². The van der Waals surface area contributed by atoms with Crippen LogP contribution in [0.15, 0.2) is 0 Å². The molecule has 0 aliphatic carbocycles. The van der Waals surface area contributed by atoms with Crippen LogP contribution in [-0.4, -0.2) is 35.9 Å². The lowest BCUT2D eigenvalue weighted by Crippen LogP contribution is -2.46. The Bertz CT molecular complexity index is 222. The predicted molar refractivity (Wildman–Crippen MR) is 62.1 cm³/mol. The topological polar surface area (TPSA) is 58.6 Å². The van der Waals surface area contributed by atoms with Crippen molar-refractivity contribution in [2.24, 2.45) is 0 Å². The molecule has 94 valence electrons. The van der Waals surface area contributed by atoms with Crippen molar-refractivity contribution >= 4 is 5.91 Å². The average molecular weight is 229 g/mol. The molecule has 0 aromatic heterocycles. The van der Waals surface area contributed by atoms with E-state index in [4.69, 9.17) is 9.84 Å². The molecule has 1 fully saturated rings. The highest BCUT2D eigenvalue weighted by atomic mass is 16.5. The van der Waals surface area contributed by atoms with Gasteiger partial charge in [-0.05, 0) is 39.5 Å². The van der Waals surface area contributed by atoms with Gasteiger partial charge in [-0.1, -0.05) is 0 Å². The molecule has 0 spiro atoms. The quantitative estimate of drug-likeness (QED) is 0.745. The smallest absolute Gasteiger partial charge is 0.220 e. The molecule has 1 atom stereocenters. The number of aliphatic hydroxyl groups excluding tert-OH is 1. The molecule has 0 aromatic rings. The zero-order valence-electron chi connectivity index (χ0n) is 10.3. The summed E-state index contributed by atoms with van der Waals surface area (Å²) in [6.45, 7) is 4.40. The summed E-state index contributed by atoms with van der Waals surface area (Å²) in [5.41, 5.74) is -0.523. The summed E-state index contributed by atoms with van der Waals surface area (Å²) in [6, 6.07) is 0. The van der Waals surface area contributed by atoms with Gasteiger partial charge in [-0.15, -0.1) is 0 Å². The molecule has 0 saturated carbocycles. The van der Waals surface area contributed by atoms with Gasteiger partial charge in [0.25, 0.3) is 0 Å². The van der Waals surface area contributed by atoms with Crippen molar-refractivity contribution in [3.8, 4) is 0 Å². The standard InChI is InChI=1S/C12H23NO3/c1-12(2,9-14)13-11(15)7-6-10-5-3-4-8-16-10/h10,14H,3-9H2,1-2H3,(H,13,15). The Hall–Kier alpha value is -0.610. The first kappa shape index (κ1) is 13.5. The van der Waals surface area contributed by atoms with Crippen LogP contribution in [0.1, 0.15) is 46.0 Å². The van der Waals surface area contributed by atoms with Crippen LogP contribution in [0.3, 0.4) is 0 Å². The Morgan fingerprint density at radius 1 is 1.50 bits per heavy atom. The van der Waals surface area contributed by atoms with E-state index in [0.717, 1.165) is 25.9 Å². The molecule has 1 aliphatic rings. The molecule has 1 unspecified atom stereocenters. The fourth-order valence-electron chi connectivity index (χ4n) is 1.81. The van der Waals surface area contributed by atoms with E-state index < -0.39 is 5.54 Å². The zero-order valence-corrected chi connectivity index (χ0v) is 10.3. The van der Waals surface area contributed by atoms with Gasteiger partial charge in [-0.25, -0.2) is 0 Å². The molecular formula is C12H23NO3. The normalized spacial score (nSPS) is 21.8. The Morgan fingerprint density at radius 2 is 2.25 bits per heavy atom. The van der Waals surface area contributed by atoms with Gasteiger partial charge in [0.2, 0.25) is 5.91 Å². The maximum Gasteiger partial charge on any atom is 0.220 e. The lowest BCUT2D eigenvalue weighted by atomic mass is 10.0. The number of hydrogen-bond acceptors (Lipinski definition) is 3. The minimum absolute atomic E-state index is 0.00627. The average Bonchev–Trinajstić information content (AvgIpc) is 2.27. The third-order valence-corrected chi connectivity index (χ3v) is 2.84. The van der Waals surface area contributed by atoms with Gasteiger partial charge in [0.1, 0.15) is 0 Å². The second-order valence-electron chi connectivity index (χ2n) is 5.12. The molecule has 1 saturated heterocycles. The fourth-order valence-corrected chi connectivity index (χ4v) is 1.81. The van der Waals surface area contributed by atoms with Crippen molar-refractivity contribution < 1.29 is 14.6 Å². The highest BCUT2D eigenvalue weighted by Gasteiger charge is 2.20. The van der Waals surface area contributed by atoms with Gasteiger partial charge in [0.15, 0.2) is 0 Å². The highest BCUT2D eigenvalue weighted by molar-refractivity contribution is 5.76. The number of rotatable bonds is 5. The monoisotopic (exact) mass is 229 g/mol. The van der Waals surface area contributed by atoms with Crippen LogP contribution in [0.5, 0.6) is 0 Å². The van der Waals surface area contributed by atoms with Gasteiger partial charge in [0, 0.05) is 13.0 Å². The Morgan fingerprint density at radius 3 is 2.81 bits per heavy atom. The first-order valence-corrected chi connectivity index (χ1v) is 6.07. The number of amides is 1. The molecular weight excluding hydrogens is 206 g/mol. The minimum atomic E-state index is -0.523. The van der Waals surface area contributed by atoms with E-state index in [2.05, 4.69) is 5.32 Å². The molecule has 4 nitrogen and oxygen atoms in total. The molecule has 0 radical (unpaired) electrons. The minimum Gasteiger partial charge on any atom is -0.394 e. The van der Waals surface area contributed by atoms with Gasteiger partial charge in [-0.2, -0.15) is 0 Å². The van der Waals surface area contributed by atoms with Gasteiger partial charge in [-0.3, -0.25) is 4.79 Å². The summed E-state index contributed by atoms with van der Waals surface area (Å²) in [5, 5.41) is 11.8. The van der Waals surface area contributed by atoms with E-state index in [1.165, 1.54) is 6.42 Å².